The maximum absolute atomic E-state index is 11.0. The molecule has 9 nitrogen and oxygen atoms in total. The van der Waals surface area contributed by atoms with Crippen molar-refractivity contribution in [2.75, 3.05) is 5.73 Å². The van der Waals surface area contributed by atoms with Crippen LogP contribution in [0.15, 0.2) is 104 Å². The lowest BCUT2D eigenvalue weighted by molar-refractivity contribution is -0.432. The van der Waals surface area contributed by atoms with Gasteiger partial charge in [0.1, 0.15) is 11.4 Å². The first-order chi connectivity index (χ1) is 20.7. The zero-order chi connectivity index (χ0) is 32.3. The topological polar surface area (TPSA) is 134 Å². The highest BCUT2D eigenvalue weighted by Crippen LogP contribution is 2.47. The van der Waals surface area contributed by atoms with Crippen LogP contribution in [-0.2, 0) is 9.37 Å². The van der Waals surface area contributed by atoms with Crippen LogP contribution in [0.2, 0.25) is 0 Å². The van der Waals surface area contributed by atoms with Gasteiger partial charge in [-0.3, -0.25) is 0 Å². The molecule has 4 N–H and O–H groups in total. The highest BCUT2D eigenvalue weighted by atomic mass is 32.2. The summed E-state index contributed by atoms with van der Waals surface area (Å²) in [6.45, 7) is 20.0. The van der Waals surface area contributed by atoms with E-state index < -0.39 is 0 Å². The van der Waals surface area contributed by atoms with Gasteiger partial charge in [0.15, 0.2) is 5.75 Å². The second kappa shape index (κ2) is 26.1. The van der Waals surface area contributed by atoms with Gasteiger partial charge in [0, 0.05) is 10.8 Å². The molecule has 0 aromatic heterocycles. The van der Waals surface area contributed by atoms with Crippen LogP contribution in [0.25, 0.3) is 10.8 Å². The summed E-state index contributed by atoms with van der Waals surface area (Å²) >= 11 is 0.641. The monoisotopic (exact) mass is 597 g/mol. The molecule has 10 heteroatoms. The number of nitrogens with two attached hydrogens (primary N) is 1. The van der Waals surface area contributed by atoms with E-state index in [9.17, 15) is 5.11 Å². The fourth-order valence-corrected chi connectivity index (χ4v) is 3.44. The highest BCUT2D eigenvalue weighted by Gasteiger charge is 2.18. The van der Waals surface area contributed by atoms with Gasteiger partial charge in [-0.2, -0.15) is 10.2 Å². The normalized spacial score (nSPS) is 9.60. The SMILES string of the molecule is CC.CC.CC.CC.CC.Nc1ccc2c(O)c(N=Nc3ccccc3)c(SOOO)cc2c1N=Nc1ccccc1. The van der Waals surface area contributed by atoms with Crippen molar-refractivity contribution in [1.29, 1.82) is 0 Å². The van der Waals surface area contributed by atoms with Gasteiger partial charge in [0.25, 0.3) is 0 Å². The summed E-state index contributed by atoms with van der Waals surface area (Å²) in [5, 5.41) is 41.1. The third-order valence-corrected chi connectivity index (χ3v) is 5.05. The molecule has 0 radical (unpaired) electrons. The van der Waals surface area contributed by atoms with Crippen LogP contribution >= 0.6 is 12.0 Å². The van der Waals surface area contributed by atoms with E-state index >= 15 is 0 Å². The molecule has 0 spiro atoms. The second-order valence-electron chi connectivity index (χ2n) is 6.47. The Morgan fingerprint density at radius 2 is 1.05 bits per heavy atom. The van der Waals surface area contributed by atoms with Crippen molar-refractivity contribution in [3.05, 3.63) is 78.9 Å². The van der Waals surface area contributed by atoms with Crippen LogP contribution in [0.5, 0.6) is 5.75 Å². The van der Waals surface area contributed by atoms with Gasteiger partial charge in [0.2, 0.25) is 0 Å². The number of nitrogen functional groups attached to an aromatic ring is 1. The summed E-state index contributed by atoms with van der Waals surface area (Å²) in [6, 6.07) is 23.1. The lowest BCUT2D eigenvalue weighted by Crippen LogP contribution is -1.89. The van der Waals surface area contributed by atoms with Gasteiger partial charge in [-0.05, 0) is 42.5 Å². The molecule has 4 aromatic rings. The van der Waals surface area contributed by atoms with E-state index in [-0.39, 0.29) is 11.4 Å². The van der Waals surface area contributed by atoms with Gasteiger partial charge < -0.3 is 10.8 Å². The van der Waals surface area contributed by atoms with Crippen LogP contribution in [0.3, 0.4) is 0 Å². The summed E-state index contributed by atoms with van der Waals surface area (Å²) in [5.74, 6) is -0.164. The number of benzene rings is 4. The molecule has 0 fully saturated rings. The zero-order valence-electron chi connectivity index (χ0n) is 26.5. The maximum Gasteiger partial charge on any atom is 0.152 e. The van der Waals surface area contributed by atoms with Gasteiger partial charge >= 0.3 is 0 Å². The molecule has 4 aromatic carbocycles. The van der Waals surface area contributed by atoms with Crippen molar-refractivity contribution >= 4 is 51.3 Å². The number of phenolic OH excluding ortho intramolecular Hbond substituents is 1. The molecular weight excluding hydrogens is 550 g/mol. The first kappa shape index (κ1) is 40.3. The molecule has 0 unspecified atom stereocenters. The van der Waals surface area contributed by atoms with Crippen molar-refractivity contribution in [3.8, 4) is 5.75 Å². The zero-order valence-corrected chi connectivity index (χ0v) is 27.3. The van der Waals surface area contributed by atoms with Crippen LogP contribution in [0, 0.1) is 0 Å². The van der Waals surface area contributed by atoms with Gasteiger partial charge in [-0.25, -0.2) is 5.26 Å². The van der Waals surface area contributed by atoms with Crippen LogP contribution in [0.4, 0.5) is 28.4 Å². The molecule has 0 bridgehead atoms. The molecule has 0 aliphatic heterocycles. The molecule has 0 aliphatic carbocycles. The number of azo groups is 2. The van der Waals surface area contributed by atoms with Crippen molar-refractivity contribution in [1.82, 2.24) is 0 Å². The largest absolute Gasteiger partial charge is 0.505 e. The average Bonchev–Trinajstić information content (AvgIpc) is 3.08. The van der Waals surface area contributed by atoms with E-state index in [4.69, 9.17) is 11.0 Å². The number of fused-ring (bicyclic) bond motifs is 1. The fourth-order valence-electron chi connectivity index (χ4n) is 2.95. The van der Waals surface area contributed by atoms with Crippen LogP contribution in [0.1, 0.15) is 69.2 Å². The van der Waals surface area contributed by atoms with Gasteiger partial charge in [-0.1, -0.05) is 111 Å². The Balaban J connectivity index is 0. The lowest BCUT2D eigenvalue weighted by Gasteiger charge is -2.11. The van der Waals surface area contributed by atoms with E-state index in [0.29, 0.717) is 50.5 Å². The van der Waals surface area contributed by atoms with Crippen molar-refractivity contribution < 1.29 is 19.7 Å². The Kier molecular flexibility index (Phi) is 25.0. The van der Waals surface area contributed by atoms with Crippen LogP contribution in [-0.4, -0.2) is 10.4 Å². The third-order valence-electron chi connectivity index (χ3n) is 4.43. The van der Waals surface area contributed by atoms with E-state index in [0.717, 1.165) is 0 Å². The maximum atomic E-state index is 11.0. The predicted molar refractivity (Wildman–Crippen MR) is 179 cm³/mol. The number of aromatic hydroxyl groups is 1. The fraction of sp³-hybridized carbons (Fsp3) is 0.312. The second-order valence-corrected chi connectivity index (χ2v) is 7.21. The Morgan fingerprint density at radius 1 is 0.595 bits per heavy atom. The molecule has 0 saturated carbocycles. The van der Waals surface area contributed by atoms with Gasteiger partial charge in [0.05, 0.1) is 34.0 Å². The number of hydrogen-bond acceptors (Lipinski definition) is 10. The van der Waals surface area contributed by atoms with Crippen molar-refractivity contribution in [3.63, 3.8) is 0 Å². The minimum absolute atomic E-state index is 0.124. The lowest BCUT2D eigenvalue weighted by atomic mass is 10.1. The summed E-state index contributed by atoms with van der Waals surface area (Å²) in [5.41, 5.74) is 8.24. The minimum Gasteiger partial charge on any atom is -0.505 e. The smallest absolute Gasteiger partial charge is 0.152 e. The molecule has 4 rings (SSSR count). The Morgan fingerprint density at radius 3 is 1.50 bits per heavy atom. The number of nitrogens with zero attached hydrogens (tertiary/aromatic N) is 4. The van der Waals surface area contributed by atoms with E-state index in [1.165, 1.54) is 0 Å². The summed E-state index contributed by atoms with van der Waals surface area (Å²) < 4.78 is 4.59. The molecule has 42 heavy (non-hydrogen) atoms. The Hall–Kier alpha value is -3.83. The standard InChI is InChI=1S/C22H17N5O4S.5C2H6/c23-18-12-11-16-17(20(18)26-24-14-7-3-1-4-8-14)13-19(32-31-30-29)21(22(16)28)27-25-15-9-5-2-6-10-15;5*1-2/h1-13,28-29H,23H2;5*1-2H3. The van der Waals surface area contributed by atoms with E-state index in [1.807, 2.05) is 106 Å². The molecule has 0 atom stereocenters. The molecule has 230 valence electrons. The van der Waals surface area contributed by atoms with E-state index in [1.54, 1.807) is 42.5 Å². The number of anilines is 1. The minimum atomic E-state index is -0.164. The summed E-state index contributed by atoms with van der Waals surface area (Å²) in [4.78, 5) is 0.311. The average molecular weight is 598 g/mol. The third kappa shape index (κ3) is 12.8. The molecule has 0 amide bonds. The predicted octanol–water partition coefficient (Wildman–Crippen LogP) is 12.5. The van der Waals surface area contributed by atoms with Crippen molar-refractivity contribution in [2.24, 2.45) is 20.5 Å². The molecular formula is C32H47N5O4S. The molecule has 0 saturated heterocycles. The van der Waals surface area contributed by atoms with Gasteiger partial charge in [-0.15, -0.1) is 14.6 Å². The van der Waals surface area contributed by atoms with E-state index in [2.05, 4.69) is 29.8 Å². The number of rotatable bonds is 7. The number of phenols is 1. The number of hydrogen-bond donors (Lipinski definition) is 3. The first-order valence-corrected chi connectivity index (χ1v) is 15.1. The van der Waals surface area contributed by atoms with Crippen LogP contribution < -0.4 is 5.73 Å². The van der Waals surface area contributed by atoms with Crippen molar-refractivity contribution in [2.45, 2.75) is 74.1 Å². The highest BCUT2D eigenvalue weighted by molar-refractivity contribution is 7.94. The molecule has 0 heterocycles. The summed E-state index contributed by atoms with van der Waals surface area (Å²) in [6.07, 6.45) is 0. The Labute approximate surface area is 255 Å². The summed E-state index contributed by atoms with van der Waals surface area (Å²) in [7, 11) is 0. The Bertz CT molecular complexity index is 1290. The first-order valence-electron chi connectivity index (χ1n) is 14.3. The quantitative estimate of drug-likeness (QED) is 0.0637. The molecule has 0 aliphatic rings.